The summed E-state index contributed by atoms with van der Waals surface area (Å²) < 4.78 is 19.6. The van der Waals surface area contributed by atoms with E-state index in [4.69, 9.17) is 25.8 Å². The van der Waals surface area contributed by atoms with Gasteiger partial charge >= 0.3 is 0 Å². The second kappa shape index (κ2) is 14.0. The molecule has 0 saturated carbocycles. The molecule has 0 spiro atoms. The monoisotopic (exact) mass is 708 g/mol. The predicted octanol–water partition coefficient (Wildman–Crippen LogP) is 4.94. The molecular weight excluding hydrogens is 672 g/mol. The summed E-state index contributed by atoms with van der Waals surface area (Å²) in [6.07, 6.45) is 6.20. The van der Waals surface area contributed by atoms with Crippen molar-refractivity contribution in [3.63, 3.8) is 0 Å². The number of carbonyl (C=O) groups excluding carboxylic acids is 1. The Labute approximate surface area is 299 Å². The maximum Gasteiger partial charge on any atom is 0.264 e. The molecule has 3 aromatic heterocycles. The zero-order valence-electron chi connectivity index (χ0n) is 28.7. The van der Waals surface area contributed by atoms with Gasteiger partial charge in [0, 0.05) is 61.1 Å². The molecule has 2 saturated heterocycles. The summed E-state index contributed by atoms with van der Waals surface area (Å²) in [6.45, 7) is 8.41. The Hall–Kier alpha value is -5.49. The average Bonchev–Trinajstić information content (AvgIpc) is 3.58. The summed E-state index contributed by atoms with van der Waals surface area (Å²) in [7, 11) is 3.66. The Morgan fingerprint density at radius 2 is 1.82 bits per heavy atom. The molecule has 0 unspecified atom stereocenters. The number of nitrogens with zero attached hydrogens (tertiary/aromatic N) is 9. The standard InChI is InChI=1S/C36H37ClN10O4/c1-36(2,46-11-9-44(3)10-12-46)17-23(18-38)35(48)45-19-26(20-45)51-32-15-27-29(16-31(32)49-4)39-21-41-34(27)43-24-5-6-30(28(37)13-24)50-25-7-8-47-33(14-25)40-22-42-47/h5-8,13-17,21-22,26H,9-12,19-20H2,1-4H3,(H,39,41,43)/b23-17+. The van der Waals surface area contributed by atoms with Gasteiger partial charge in [-0.15, -0.1) is 0 Å². The molecule has 0 atom stereocenters. The van der Waals surface area contributed by atoms with Crippen molar-refractivity contribution in [1.82, 2.24) is 39.3 Å². The molecule has 7 rings (SSSR count). The maximum absolute atomic E-state index is 13.3. The summed E-state index contributed by atoms with van der Waals surface area (Å²) in [5.41, 5.74) is 1.70. The van der Waals surface area contributed by atoms with Gasteiger partial charge in [0.2, 0.25) is 0 Å². The number of likely N-dealkylation sites (N-methyl/N-ethyl adjacent to an activating group) is 1. The summed E-state index contributed by atoms with van der Waals surface area (Å²) in [5.74, 6) is 2.27. The van der Waals surface area contributed by atoms with E-state index in [0.29, 0.717) is 69.2 Å². The first-order valence-electron chi connectivity index (χ1n) is 16.5. The smallest absolute Gasteiger partial charge is 0.264 e. The van der Waals surface area contributed by atoms with Crippen molar-refractivity contribution in [2.45, 2.75) is 25.5 Å². The zero-order chi connectivity index (χ0) is 35.7. The Balaban J connectivity index is 1.03. The molecule has 14 nitrogen and oxygen atoms in total. The van der Waals surface area contributed by atoms with Crippen LogP contribution in [0.3, 0.4) is 0 Å². The van der Waals surface area contributed by atoms with Crippen LogP contribution in [0.2, 0.25) is 5.02 Å². The van der Waals surface area contributed by atoms with Crippen LogP contribution in [0.4, 0.5) is 11.5 Å². The lowest BCUT2D eigenvalue weighted by Gasteiger charge is -2.42. The number of anilines is 2. The minimum absolute atomic E-state index is 0.140. The lowest BCUT2D eigenvalue weighted by Crippen LogP contribution is -2.57. The van der Waals surface area contributed by atoms with E-state index in [0.717, 1.165) is 26.2 Å². The summed E-state index contributed by atoms with van der Waals surface area (Å²) >= 11 is 6.62. The van der Waals surface area contributed by atoms with Gasteiger partial charge in [0.05, 0.1) is 30.7 Å². The Morgan fingerprint density at radius 1 is 1.02 bits per heavy atom. The molecule has 262 valence electrons. The minimum atomic E-state index is -0.426. The van der Waals surface area contributed by atoms with Crippen molar-refractivity contribution in [2.75, 3.05) is 58.7 Å². The number of piperazine rings is 1. The number of nitriles is 1. The molecule has 0 aliphatic carbocycles. The van der Waals surface area contributed by atoms with Crippen molar-refractivity contribution in [3.05, 3.63) is 78.0 Å². The largest absolute Gasteiger partial charge is 0.493 e. The lowest BCUT2D eigenvalue weighted by molar-refractivity contribution is -0.135. The number of nitrogens with one attached hydrogen (secondary N) is 1. The van der Waals surface area contributed by atoms with Gasteiger partial charge < -0.3 is 29.3 Å². The van der Waals surface area contributed by atoms with E-state index in [-0.39, 0.29) is 17.6 Å². The fraction of sp³-hybridized carbons (Fsp3) is 0.333. The number of amides is 1. The third-order valence-corrected chi connectivity index (χ3v) is 9.49. The molecule has 2 aromatic carbocycles. The van der Waals surface area contributed by atoms with Crippen LogP contribution in [-0.4, -0.2) is 110 Å². The normalized spacial score (nSPS) is 16.2. The van der Waals surface area contributed by atoms with Crippen molar-refractivity contribution < 1.29 is 19.0 Å². The van der Waals surface area contributed by atoms with Gasteiger partial charge in [0.25, 0.3) is 5.91 Å². The van der Waals surface area contributed by atoms with E-state index >= 15 is 0 Å². The number of pyridine rings is 1. The molecule has 1 amide bonds. The SMILES string of the molecule is COc1cc2ncnc(Nc3ccc(Oc4ccn5ncnc5c4)c(Cl)c3)c2cc1OC1CN(C(=O)/C(C#N)=C/C(C)(C)N2CCN(C)CC2)C1. The number of halogens is 1. The Kier molecular flexibility index (Phi) is 9.35. The number of fused-ring (bicyclic) bond motifs is 2. The number of aromatic nitrogens is 5. The van der Waals surface area contributed by atoms with Crippen LogP contribution in [0, 0.1) is 11.3 Å². The second-order valence-electron chi connectivity index (χ2n) is 13.1. The third-order valence-electron chi connectivity index (χ3n) is 9.19. The molecule has 0 bridgehead atoms. The Morgan fingerprint density at radius 3 is 2.57 bits per heavy atom. The number of ether oxygens (including phenoxy) is 3. The van der Waals surface area contributed by atoms with Crippen molar-refractivity contribution >= 4 is 45.6 Å². The fourth-order valence-corrected chi connectivity index (χ4v) is 6.42. The molecule has 1 N–H and O–H groups in total. The highest BCUT2D eigenvalue weighted by Crippen LogP contribution is 2.38. The van der Waals surface area contributed by atoms with E-state index < -0.39 is 5.54 Å². The number of carbonyl (C=O) groups is 1. The quantitative estimate of drug-likeness (QED) is 0.155. The number of methoxy groups -OCH3 is 1. The molecular formula is C36H37ClN10O4. The third kappa shape index (κ3) is 7.23. The van der Waals surface area contributed by atoms with Gasteiger partial charge in [0.1, 0.15) is 47.7 Å². The van der Waals surface area contributed by atoms with E-state index in [9.17, 15) is 10.1 Å². The van der Waals surface area contributed by atoms with Crippen molar-refractivity contribution in [1.29, 1.82) is 5.26 Å². The molecule has 2 aliphatic heterocycles. The van der Waals surface area contributed by atoms with Gasteiger partial charge in [-0.3, -0.25) is 9.69 Å². The number of benzene rings is 2. The first-order valence-corrected chi connectivity index (χ1v) is 16.9. The van der Waals surface area contributed by atoms with Crippen LogP contribution in [0.25, 0.3) is 16.6 Å². The minimum Gasteiger partial charge on any atom is -0.493 e. The number of hydrogen-bond acceptors (Lipinski definition) is 12. The molecule has 2 fully saturated rings. The van der Waals surface area contributed by atoms with Crippen molar-refractivity contribution in [3.8, 4) is 29.1 Å². The molecule has 51 heavy (non-hydrogen) atoms. The molecule has 5 aromatic rings. The molecule has 2 aliphatic rings. The van der Waals surface area contributed by atoms with Crippen LogP contribution >= 0.6 is 11.6 Å². The van der Waals surface area contributed by atoms with E-state index in [1.165, 1.54) is 12.7 Å². The molecule has 0 radical (unpaired) electrons. The van der Waals surface area contributed by atoms with Gasteiger partial charge in [-0.05, 0) is 57.3 Å². The number of hydrogen-bond donors (Lipinski definition) is 1. The topological polar surface area (TPSA) is 146 Å². The Bertz CT molecular complexity index is 2170. The number of likely N-dealkylation sites (tertiary alicyclic amines) is 1. The van der Waals surface area contributed by atoms with Crippen LogP contribution in [-0.2, 0) is 4.79 Å². The highest BCUT2D eigenvalue weighted by molar-refractivity contribution is 6.32. The van der Waals surface area contributed by atoms with Gasteiger partial charge in [-0.25, -0.2) is 19.5 Å². The van der Waals surface area contributed by atoms with E-state index in [1.54, 1.807) is 59.1 Å². The number of rotatable bonds is 10. The predicted molar refractivity (Wildman–Crippen MR) is 192 cm³/mol. The van der Waals surface area contributed by atoms with Crippen LogP contribution in [0.15, 0.2) is 73.0 Å². The summed E-state index contributed by atoms with van der Waals surface area (Å²) in [4.78, 5) is 32.7. The van der Waals surface area contributed by atoms with Gasteiger partial charge in [-0.1, -0.05) is 11.6 Å². The highest BCUT2D eigenvalue weighted by Gasteiger charge is 2.36. The lowest BCUT2D eigenvalue weighted by atomic mass is 9.96. The first kappa shape index (κ1) is 34.0. The summed E-state index contributed by atoms with van der Waals surface area (Å²) in [5, 5.41) is 18.4. The van der Waals surface area contributed by atoms with Gasteiger partial charge in [-0.2, -0.15) is 10.4 Å². The first-order chi connectivity index (χ1) is 24.6. The van der Waals surface area contributed by atoms with Crippen LogP contribution in [0.5, 0.6) is 23.0 Å². The summed E-state index contributed by atoms with van der Waals surface area (Å²) in [6, 6.07) is 14.6. The second-order valence-corrected chi connectivity index (χ2v) is 13.5. The fourth-order valence-electron chi connectivity index (χ4n) is 6.20. The van der Waals surface area contributed by atoms with Crippen LogP contribution < -0.4 is 19.5 Å². The van der Waals surface area contributed by atoms with E-state index in [1.807, 2.05) is 26.0 Å². The molecule has 5 heterocycles. The molecule has 15 heteroatoms. The van der Waals surface area contributed by atoms with E-state index in [2.05, 4.69) is 48.3 Å². The van der Waals surface area contributed by atoms with Crippen molar-refractivity contribution in [2.24, 2.45) is 0 Å². The average molecular weight is 709 g/mol. The maximum atomic E-state index is 13.3. The van der Waals surface area contributed by atoms with Gasteiger partial charge in [0.15, 0.2) is 17.1 Å². The zero-order valence-corrected chi connectivity index (χ0v) is 29.5. The highest BCUT2D eigenvalue weighted by atomic mass is 35.5. The van der Waals surface area contributed by atoms with Crippen LogP contribution in [0.1, 0.15) is 13.8 Å².